The highest BCUT2D eigenvalue weighted by molar-refractivity contribution is 7.09. The highest BCUT2D eigenvalue weighted by atomic mass is 32.1. The third-order valence-electron chi connectivity index (χ3n) is 3.77. The average Bonchev–Trinajstić information content (AvgIpc) is 3.16. The molecule has 0 bridgehead atoms. The van der Waals surface area contributed by atoms with Crippen LogP contribution in [0.2, 0.25) is 0 Å². The SMILES string of the molecule is C[C@@H]1CN(C(=O)c2csc(C3CCCO3)n2)CC(C(=O)O)O1. The number of aliphatic carboxylic acids is 1. The van der Waals surface area contributed by atoms with Gasteiger partial charge in [0, 0.05) is 18.5 Å². The number of carbonyl (C=O) groups is 2. The van der Waals surface area contributed by atoms with Gasteiger partial charge in [-0.2, -0.15) is 0 Å². The van der Waals surface area contributed by atoms with Gasteiger partial charge in [-0.1, -0.05) is 0 Å². The Labute approximate surface area is 131 Å². The number of carbonyl (C=O) groups excluding carboxylic acids is 1. The van der Waals surface area contributed by atoms with E-state index in [0.717, 1.165) is 24.5 Å². The molecule has 3 rings (SSSR count). The van der Waals surface area contributed by atoms with E-state index < -0.39 is 12.1 Å². The van der Waals surface area contributed by atoms with E-state index in [9.17, 15) is 9.59 Å². The van der Waals surface area contributed by atoms with Crippen molar-refractivity contribution in [3.8, 4) is 0 Å². The van der Waals surface area contributed by atoms with Crippen LogP contribution in [0.4, 0.5) is 0 Å². The van der Waals surface area contributed by atoms with Crippen molar-refractivity contribution >= 4 is 23.2 Å². The molecule has 7 nitrogen and oxygen atoms in total. The Morgan fingerprint density at radius 2 is 2.27 bits per heavy atom. The van der Waals surface area contributed by atoms with Gasteiger partial charge >= 0.3 is 5.97 Å². The summed E-state index contributed by atoms with van der Waals surface area (Å²) < 4.78 is 10.9. The van der Waals surface area contributed by atoms with E-state index in [4.69, 9.17) is 14.6 Å². The fourth-order valence-electron chi connectivity index (χ4n) is 2.72. The second-order valence-corrected chi connectivity index (χ2v) is 6.45. The van der Waals surface area contributed by atoms with Crippen molar-refractivity contribution in [2.24, 2.45) is 0 Å². The number of ether oxygens (including phenoxy) is 2. The first-order valence-electron chi connectivity index (χ1n) is 7.29. The Morgan fingerprint density at radius 3 is 2.95 bits per heavy atom. The maximum Gasteiger partial charge on any atom is 0.334 e. The van der Waals surface area contributed by atoms with Crippen LogP contribution < -0.4 is 0 Å². The second kappa shape index (κ2) is 6.31. The lowest BCUT2D eigenvalue weighted by atomic mass is 10.2. The minimum absolute atomic E-state index is 0.0121. The van der Waals surface area contributed by atoms with Crippen LogP contribution in [0.3, 0.4) is 0 Å². The summed E-state index contributed by atoms with van der Waals surface area (Å²) in [6.45, 7) is 2.91. The molecule has 2 saturated heterocycles. The van der Waals surface area contributed by atoms with Gasteiger partial charge in [0.05, 0.1) is 12.6 Å². The number of hydrogen-bond donors (Lipinski definition) is 1. The van der Waals surface area contributed by atoms with E-state index >= 15 is 0 Å². The molecule has 120 valence electrons. The summed E-state index contributed by atoms with van der Waals surface area (Å²) in [6, 6.07) is 0. The van der Waals surface area contributed by atoms with Crippen molar-refractivity contribution in [2.45, 2.75) is 38.1 Å². The molecule has 1 amide bonds. The molecule has 22 heavy (non-hydrogen) atoms. The second-order valence-electron chi connectivity index (χ2n) is 5.56. The van der Waals surface area contributed by atoms with Crippen LogP contribution in [0.25, 0.3) is 0 Å². The Bertz CT molecular complexity index is 569. The molecule has 0 radical (unpaired) electrons. The maximum atomic E-state index is 12.5. The number of aromatic nitrogens is 1. The van der Waals surface area contributed by atoms with E-state index in [1.54, 1.807) is 12.3 Å². The van der Waals surface area contributed by atoms with Crippen molar-refractivity contribution < 1.29 is 24.2 Å². The minimum atomic E-state index is -1.05. The normalized spacial score (nSPS) is 28.8. The van der Waals surface area contributed by atoms with Gasteiger partial charge in [-0.15, -0.1) is 11.3 Å². The number of morpholine rings is 1. The number of hydrogen-bond acceptors (Lipinski definition) is 6. The van der Waals surface area contributed by atoms with Gasteiger partial charge < -0.3 is 19.5 Å². The molecule has 2 aliphatic rings. The zero-order valence-corrected chi connectivity index (χ0v) is 13.0. The predicted octanol–water partition coefficient (Wildman–Crippen LogP) is 1.31. The number of carboxylic acids is 1. The van der Waals surface area contributed by atoms with Crippen molar-refractivity contribution in [3.05, 3.63) is 16.1 Å². The first kappa shape index (κ1) is 15.4. The molecule has 2 unspecified atom stereocenters. The van der Waals surface area contributed by atoms with Crippen molar-refractivity contribution in [1.29, 1.82) is 0 Å². The summed E-state index contributed by atoms with van der Waals surface area (Å²) in [4.78, 5) is 29.5. The Kier molecular flexibility index (Phi) is 4.42. The number of rotatable bonds is 3. The predicted molar refractivity (Wildman–Crippen MR) is 77.9 cm³/mol. The molecule has 3 heterocycles. The Morgan fingerprint density at radius 1 is 1.45 bits per heavy atom. The van der Waals surface area contributed by atoms with Crippen LogP contribution >= 0.6 is 11.3 Å². The number of amides is 1. The largest absolute Gasteiger partial charge is 0.479 e. The molecule has 0 saturated carbocycles. The fourth-order valence-corrected chi connectivity index (χ4v) is 3.60. The molecule has 3 atom stereocenters. The lowest BCUT2D eigenvalue weighted by Crippen LogP contribution is -2.51. The van der Waals surface area contributed by atoms with Gasteiger partial charge in [-0.25, -0.2) is 9.78 Å². The van der Waals surface area contributed by atoms with Gasteiger partial charge in [0.25, 0.3) is 5.91 Å². The van der Waals surface area contributed by atoms with Gasteiger partial charge in [0.15, 0.2) is 6.10 Å². The Balaban J connectivity index is 1.71. The lowest BCUT2D eigenvalue weighted by Gasteiger charge is -2.34. The number of carboxylic acid groups (broad SMARTS) is 1. The third kappa shape index (κ3) is 3.13. The van der Waals surface area contributed by atoms with Gasteiger partial charge in [-0.3, -0.25) is 4.79 Å². The highest BCUT2D eigenvalue weighted by Gasteiger charge is 2.34. The molecular weight excluding hydrogens is 308 g/mol. The molecule has 1 aromatic rings. The summed E-state index contributed by atoms with van der Waals surface area (Å²) in [5.74, 6) is -1.30. The Hall–Kier alpha value is -1.51. The number of thiazole rings is 1. The molecule has 0 aromatic carbocycles. The quantitative estimate of drug-likeness (QED) is 0.901. The highest BCUT2D eigenvalue weighted by Crippen LogP contribution is 2.31. The number of nitrogens with zero attached hydrogens (tertiary/aromatic N) is 2. The van der Waals surface area contributed by atoms with Crippen molar-refractivity contribution in [1.82, 2.24) is 9.88 Å². The molecule has 1 N–H and O–H groups in total. The van der Waals surface area contributed by atoms with Gasteiger partial charge in [-0.05, 0) is 19.8 Å². The van der Waals surface area contributed by atoms with Gasteiger partial charge in [0.2, 0.25) is 0 Å². The molecule has 0 spiro atoms. The molecule has 8 heteroatoms. The lowest BCUT2D eigenvalue weighted by molar-refractivity contribution is -0.160. The van der Waals surface area contributed by atoms with Crippen LogP contribution in [0.15, 0.2) is 5.38 Å². The van der Waals surface area contributed by atoms with E-state index in [-0.39, 0.29) is 24.7 Å². The molecular formula is C14H18N2O5S. The van der Waals surface area contributed by atoms with Crippen molar-refractivity contribution in [2.75, 3.05) is 19.7 Å². The molecule has 2 aliphatic heterocycles. The van der Waals surface area contributed by atoms with E-state index in [2.05, 4.69) is 4.98 Å². The first-order valence-corrected chi connectivity index (χ1v) is 8.17. The minimum Gasteiger partial charge on any atom is -0.479 e. The zero-order chi connectivity index (χ0) is 15.7. The zero-order valence-electron chi connectivity index (χ0n) is 12.2. The van der Waals surface area contributed by atoms with Crippen LogP contribution in [-0.2, 0) is 14.3 Å². The monoisotopic (exact) mass is 326 g/mol. The maximum absolute atomic E-state index is 12.5. The van der Waals surface area contributed by atoms with Crippen LogP contribution in [0.5, 0.6) is 0 Å². The van der Waals surface area contributed by atoms with Crippen LogP contribution in [-0.4, -0.2) is 58.8 Å². The summed E-state index contributed by atoms with van der Waals surface area (Å²) in [6.07, 6.45) is 0.631. The molecule has 0 aliphatic carbocycles. The topological polar surface area (TPSA) is 89.0 Å². The standard InChI is InChI=1S/C14H18N2O5S/c1-8-5-16(6-11(21-8)14(18)19)13(17)9-7-22-12(15-9)10-3-2-4-20-10/h7-8,10-11H,2-6H2,1H3,(H,18,19)/t8-,10?,11?/m1/s1. The fraction of sp³-hybridized carbons (Fsp3) is 0.643. The van der Waals surface area contributed by atoms with Crippen LogP contribution in [0.1, 0.15) is 41.4 Å². The molecule has 1 aromatic heterocycles. The van der Waals surface area contributed by atoms with Gasteiger partial charge in [0.1, 0.15) is 16.8 Å². The summed E-state index contributed by atoms with van der Waals surface area (Å²) in [5, 5.41) is 11.6. The van der Waals surface area contributed by atoms with E-state index in [0.29, 0.717) is 12.2 Å². The third-order valence-corrected chi connectivity index (χ3v) is 4.71. The summed E-state index contributed by atoms with van der Waals surface area (Å²) >= 11 is 1.42. The summed E-state index contributed by atoms with van der Waals surface area (Å²) in [7, 11) is 0. The van der Waals surface area contributed by atoms with Crippen molar-refractivity contribution in [3.63, 3.8) is 0 Å². The summed E-state index contributed by atoms with van der Waals surface area (Å²) in [5.41, 5.74) is 0.355. The smallest absolute Gasteiger partial charge is 0.334 e. The van der Waals surface area contributed by atoms with E-state index in [1.165, 1.54) is 16.2 Å². The van der Waals surface area contributed by atoms with E-state index in [1.807, 2.05) is 0 Å². The first-order chi connectivity index (χ1) is 10.5. The average molecular weight is 326 g/mol. The molecule has 2 fully saturated rings. The van der Waals surface area contributed by atoms with Crippen LogP contribution in [0, 0.1) is 0 Å².